The van der Waals surface area contributed by atoms with Crippen LogP contribution < -0.4 is 5.43 Å². The number of aryl methyl sites for hydroxylation is 1. The van der Waals surface area contributed by atoms with Crippen LogP contribution in [0, 0.1) is 6.92 Å². The van der Waals surface area contributed by atoms with Crippen LogP contribution in [0.3, 0.4) is 0 Å². The van der Waals surface area contributed by atoms with Crippen molar-refractivity contribution in [2.45, 2.75) is 13.3 Å². The van der Waals surface area contributed by atoms with Gasteiger partial charge in [0.1, 0.15) is 5.75 Å². The number of nitrogens with one attached hydrogen (secondary N) is 1. The summed E-state index contributed by atoms with van der Waals surface area (Å²) in [5, 5.41) is 14.4. The molecule has 1 amide bonds. The average Bonchev–Trinajstić information content (AvgIpc) is 2.82. The second kappa shape index (κ2) is 6.58. The van der Waals surface area contributed by atoms with Gasteiger partial charge in [-0.25, -0.2) is 5.43 Å². The first-order valence-electron chi connectivity index (χ1n) is 7.70. The smallest absolute Gasteiger partial charge is 0.244 e. The summed E-state index contributed by atoms with van der Waals surface area (Å²) in [7, 11) is 2.01. The first-order chi connectivity index (χ1) is 11.6. The molecule has 1 aromatic heterocycles. The summed E-state index contributed by atoms with van der Waals surface area (Å²) in [4.78, 5) is 11.9. The van der Waals surface area contributed by atoms with Crippen LogP contribution in [-0.2, 0) is 18.3 Å². The number of benzene rings is 2. The molecule has 0 aliphatic carbocycles. The number of nitrogens with zero attached hydrogens (tertiary/aromatic N) is 2. The van der Waals surface area contributed by atoms with Crippen LogP contribution in [0.4, 0.5) is 0 Å². The quantitative estimate of drug-likeness (QED) is 0.573. The Labute approximate surface area is 140 Å². The normalized spacial score (nSPS) is 11.2. The molecule has 24 heavy (non-hydrogen) atoms. The molecule has 3 rings (SSSR count). The number of carbonyl (C=O) groups is 1. The minimum Gasteiger partial charge on any atom is -0.508 e. The lowest BCUT2D eigenvalue weighted by atomic mass is 10.1. The SMILES string of the molecule is Cc1c(/C=N\NC(=O)Cc2ccc(O)cc2)c2ccccc2n1C. The van der Waals surface area contributed by atoms with Crippen LogP contribution in [0.15, 0.2) is 53.6 Å². The molecule has 0 fully saturated rings. The van der Waals surface area contributed by atoms with Gasteiger partial charge in [0.2, 0.25) is 5.91 Å². The van der Waals surface area contributed by atoms with Gasteiger partial charge in [0.25, 0.3) is 0 Å². The van der Waals surface area contributed by atoms with Crippen LogP contribution in [0.1, 0.15) is 16.8 Å². The van der Waals surface area contributed by atoms with Gasteiger partial charge in [-0.3, -0.25) is 4.79 Å². The molecule has 0 spiro atoms. The maximum Gasteiger partial charge on any atom is 0.244 e. The summed E-state index contributed by atoms with van der Waals surface area (Å²) in [6, 6.07) is 14.6. The van der Waals surface area contributed by atoms with Crippen LogP contribution in [0.25, 0.3) is 10.9 Å². The van der Waals surface area contributed by atoms with Crippen molar-refractivity contribution in [3.05, 3.63) is 65.4 Å². The Morgan fingerprint density at radius 2 is 1.92 bits per heavy atom. The van der Waals surface area contributed by atoms with E-state index in [9.17, 15) is 9.90 Å². The van der Waals surface area contributed by atoms with E-state index < -0.39 is 0 Å². The largest absolute Gasteiger partial charge is 0.508 e. The predicted octanol–water partition coefficient (Wildman–Crippen LogP) is 2.89. The zero-order valence-electron chi connectivity index (χ0n) is 13.7. The number of aromatic nitrogens is 1. The Bertz CT molecular complexity index is 908. The number of phenols is 1. The zero-order valence-corrected chi connectivity index (χ0v) is 13.7. The van der Waals surface area contributed by atoms with Gasteiger partial charge in [-0.15, -0.1) is 0 Å². The number of rotatable bonds is 4. The topological polar surface area (TPSA) is 66.6 Å². The number of aromatic hydroxyl groups is 1. The molecule has 2 N–H and O–H groups in total. The van der Waals surface area contributed by atoms with E-state index in [-0.39, 0.29) is 18.1 Å². The van der Waals surface area contributed by atoms with Gasteiger partial charge in [-0.1, -0.05) is 30.3 Å². The van der Waals surface area contributed by atoms with E-state index in [0.29, 0.717) is 0 Å². The molecule has 0 radical (unpaired) electrons. The van der Waals surface area contributed by atoms with Gasteiger partial charge in [0.15, 0.2) is 0 Å². The lowest BCUT2D eigenvalue weighted by Crippen LogP contribution is -2.19. The van der Waals surface area contributed by atoms with Crippen LogP contribution in [-0.4, -0.2) is 21.8 Å². The third-order valence-corrected chi connectivity index (χ3v) is 4.13. The van der Waals surface area contributed by atoms with Crippen molar-refractivity contribution in [3.63, 3.8) is 0 Å². The van der Waals surface area contributed by atoms with E-state index >= 15 is 0 Å². The maximum atomic E-state index is 11.9. The first-order valence-corrected chi connectivity index (χ1v) is 7.70. The van der Waals surface area contributed by atoms with Gasteiger partial charge >= 0.3 is 0 Å². The summed E-state index contributed by atoms with van der Waals surface area (Å²) in [5.74, 6) is -0.0153. The second-order valence-electron chi connectivity index (χ2n) is 5.71. The molecule has 2 aromatic carbocycles. The van der Waals surface area contributed by atoms with E-state index in [1.807, 2.05) is 32.2 Å². The van der Waals surface area contributed by atoms with E-state index in [4.69, 9.17) is 0 Å². The van der Waals surface area contributed by atoms with E-state index in [1.54, 1.807) is 30.5 Å². The Morgan fingerprint density at radius 1 is 1.21 bits per heavy atom. The van der Waals surface area contributed by atoms with Crippen LogP contribution >= 0.6 is 0 Å². The highest BCUT2D eigenvalue weighted by Crippen LogP contribution is 2.22. The molecule has 1 heterocycles. The number of fused-ring (bicyclic) bond motifs is 1. The molecule has 5 nitrogen and oxygen atoms in total. The van der Waals surface area contributed by atoms with Crippen LogP contribution in [0.5, 0.6) is 5.75 Å². The number of hydrogen-bond donors (Lipinski definition) is 2. The third kappa shape index (κ3) is 3.15. The fraction of sp³-hybridized carbons (Fsp3) is 0.158. The summed E-state index contributed by atoms with van der Waals surface area (Å²) in [6.07, 6.45) is 1.90. The van der Waals surface area contributed by atoms with E-state index in [1.165, 1.54) is 0 Å². The van der Waals surface area contributed by atoms with Crippen molar-refractivity contribution in [1.29, 1.82) is 0 Å². The fourth-order valence-electron chi connectivity index (χ4n) is 2.72. The monoisotopic (exact) mass is 321 g/mol. The van der Waals surface area contributed by atoms with Gasteiger partial charge in [0, 0.05) is 29.2 Å². The lowest BCUT2D eigenvalue weighted by molar-refractivity contribution is -0.120. The minimum atomic E-state index is -0.199. The van der Waals surface area contributed by atoms with E-state index in [0.717, 1.165) is 27.7 Å². The molecule has 0 unspecified atom stereocenters. The molecule has 0 aliphatic rings. The molecular weight excluding hydrogens is 302 g/mol. The molecule has 122 valence electrons. The summed E-state index contributed by atoms with van der Waals surface area (Å²) < 4.78 is 2.11. The molecule has 0 saturated heterocycles. The molecule has 0 aliphatic heterocycles. The predicted molar refractivity (Wildman–Crippen MR) is 95.2 cm³/mol. The maximum absolute atomic E-state index is 11.9. The lowest BCUT2D eigenvalue weighted by Gasteiger charge is -2.01. The highest BCUT2D eigenvalue weighted by atomic mass is 16.3. The minimum absolute atomic E-state index is 0.184. The van der Waals surface area contributed by atoms with Crippen molar-refractivity contribution < 1.29 is 9.90 Å². The molecule has 5 heteroatoms. The second-order valence-corrected chi connectivity index (χ2v) is 5.71. The number of amides is 1. The summed E-state index contributed by atoms with van der Waals surface area (Å²) >= 11 is 0. The number of carbonyl (C=O) groups excluding carboxylic acids is 1. The van der Waals surface area contributed by atoms with Crippen molar-refractivity contribution in [1.82, 2.24) is 9.99 Å². The molecule has 0 saturated carbocycles. The highest BCUT2D eigenvalue weighted by Gasteiger charge is 2.09. The molecule has 3 aromatic rings. The Kier molecular flexibility index (Phi) is 4.33. The standard InChI is InChI=1S/C19H19N3O2/c1-13-17(16-5-3-4-6-18(16)22(13)2)12-20-21-19(24)11-14-7-9-15(23)10-8-14/h3-10,12,23H,11H2,1-2H3,(H,21,24)/b20-12-. The van der Waals surface area contributed by atoms with E-state index in [2.05, 4.69) is 21.2 Å². The van der Waals surface area contributed by atoms with Gasteiger partial charge in [0.05, 0.1) is 12.6 Å². The van der Waals surface area contributed by atoms with Crippen molar-refractivity contribution >= 4 is 23.0 Å². The van der Waals surface area contributed by atoms with Gasteiger partial charge in [-0.2, -0.15) is 5.10 Å². The number of para-hydroxylation sites is 1. The van der Waals surface area contributed by atoms with Crippen LogP contribution in [0.2, 0.25) is 0 Å². The molecular formula is C19H19N3O2. The molecule has 0 bridgehead atoms. The highest BCUT2D eigenvalue weighted by molar-refractivity contribution is 6.01. The van der Waals surface area contributed by atoms with Crippen molar-refractivity contribution in [3.8, 4) is 5.75 Å². The third-order valence-electron chi connectivity index (χ3n) is 4.13. The zero-order chi connectivity index (χ0) is 17.1. The Morgan fingerprint density at radius 3 is 2.67 bits per heavy atom. The average molecular weight is 321 g/mol. The fourth-order valence-corrected chi connectivity index (χ4v) is 2.72. The Balaban J connectivity index is 1.71. The summed E-state index contributed by atoms with van der Waals surface area (Å²) in [6.45, 7) is 2.03. The summed E-state index contributed by atoms with van der Waals surface area (Å²) in [5.41, 5.74) is 6.60. The van der Waals surface area contributed by atoms with Gasteiger partial charge < -0.3 is 9.67 Å². The Hall–Kier alpha value is -3.08. The first kappa shape index (κ1) is 15.8. The van der Waals surface area contributed by atoms with Crippen molar-refractivity contribution in [2.24, 2.45) is 12.1 Å². The van der Waals surface area contributed by atoms with Crippen molar-refractivity contribution in [2.75, 3.05) is 0 Å². The number of phenolic OH excluding ortho intramolecular Hbond substituents is 1. The number of hydrazone groups is 1. The molecule has 0 atom stereocenters. The number of hydrogen-bond acceptors (Lipinski definition) is 3. The van der Waals surface area contributed by atoms with Gasteiger partial charge in [-0.05, 0) is 30.7 Å².